The number of rotatable bonds is 6. The van der Waals surface area contributed by atoms with Crippen molar-refractivity contribution in [3.63, 3.8) is 0 Å². The Kier molecular flexibility index (Phi) is 8.53. The minimum atomic E-state index is -0.0475. The van der Waals surface area contributed by atoms with Crippen LogP contribution < -0.4 is 5.32 Å². The van der Waals surface area contributed by atoms with Crippen LogP contribution in [0.5, 0.6) is 0 Å². The first kappa shape index (κ1) is 35.7. The minimum Gasteiger partial charge on any atom is -0.345 e. The van der Waals surface area contributed by atoms with E-state index in [1.165, 1.54) is 82.6 Å². The molecular formula is C58H40N4. The van der Waals surface area contributed by atoms with E-state index in [1.54, 1.807) is 0 Å². The lowest BCUT2D eigenvalue weighted by Gasteiger charge is -2.23. The summed E-state index contributed by atoms with van der Waals surface area (Å²) in [6, 6.07) is 78.8. The van der Waals surface area contributed by atoms with E-state index < -0.39 is 0 Å². The summed E-state index contributed by atoms with van der Waals surface area (Å²) in [4.78, 5) is 4.95. The predicted octanol–water partition coefficient (Wildman–Crippen LogP) is 14.6. The van der Waals surface area contributed by atoms with E-state index in [-0.39, 0.29) is 6.04 Å². The maximum Gasteiger partial charge on any atom is 0.208 e. The Hall–Kier alpha value is -8.21. The topological polar surface area (TPSA) is 34.2 Å². The smallest absolute Gasteiger partial charge is 0.208 e. The molecule has 9 aromatic carbocycles. The maximum atomic E-state index is 4.95. The van der Waals surface area contributed by atoms with Gasteiger partial charge in [0.15, 0.2) is 0 Å². The lowest BCUT2D eigenvalue weighted by atomic mass is 9.97. The van der Waals surface area contributed by atoms with E-state index in [4.69, 9.17) is 4.99 Å². The van der Waals surface area contributed by atoms with Gasteiger partial charge in [-0.3, -0.25) is 4.57 Å². The molecule has 1 unspecified atom stereocenters. The van der Waals surface area contributed by atoms with E-state index in [2.05, 4.69) is 239 Å². The van der Waals surface area contributed by atoms with E-state index in [0.29, 0.717) is 0 Å². The third-order valence-electron chi connectivity index (χ3n) is 12.4. The standard InChI is InChI=1S/C58H40N4/c1-4-13-39(14-5-1)41-23-25-42(26-24-41)43-17-12-18-47(35-43)53-33-34-59-58(60-53)62-54-22-11-10-21-49(54)50-37-45(29-32-57(50)62)46-28-31-56-52(38-46)51-36-44(40-15-6-2-7-16-40)27-30-55(51)61(56)48-19-8-3-9-20-48/h1-38,53H,(H,59,60). The molecule has 1 aliphatic rings. The molecule has 0 amide bonds. The molecule has 0 spiro atoms. The van der Waals surface area contributed by atoms with Gasteiger partial charge in [0.2, 0.25) is 5.96 Å². The van der Waals surface area contributed by atoms with Gasteiger partial charge in [-0.1, -0.05) is 158 Å². The summed E-state index contributed by atoms with van der Waals surface area (Å²) in [6.07, 6.45) is 4.08. The number of aliphatic imine (C=N–C) groups is 1. The van der Waals surface area contributed by atoms with Crippen LogP contribution in [0.25, 0.3) is 93.8 Å². The summed E-state index contributed by atoms with van der Waals surface area (Å²) in [6.45, 7) is 0. The highest BCUT2D eigenvalue weighted by atomic mass is 15.2. The number of nitrogens with zero attached hydrogens (tertiary/aromatic N) is 3. The van der Waals surface area contributed by atoms with Gasteiger partial charge in [-0.15, -0.1) is 0 Å². The third kappa shape index (κ3) is 6.12. The van der Waals surface area contributed by atoms with E-state index in [1.807, 2.05) is 6.20 Å². The van der Waals surface area contributed by atoms with Crippen molar-refractivity contribution in [3.8, 4) is 50.2 Å². The summed E-state index contributed by atoms with van der Waals surface area (Å²) in [5.41, 5.74) is 16.5. The molecule has 2 aromatic heterocycles. The van der Waals surface area contributed by atoms with Gasteiger partial charge < -0.3 is 9.88 Å². The molecule has 0 saturated carbocycles. The molecule has 1 N–H and O–H groups in total. The average Bonchev–Trinajstić information content (AvgIpc) is 3.87. The lowest BCUT2D eigenvalue weighted by molar-refractivity contribution is 0.756. The number of hydrogen-bond donors (Lipinski definition) is 1. The maximum absolute atomic E-state index is 4.95. The molecular weight excluding hydrogens is 753 g/mol. The summed E-state index contributed by atoms with van der Waals surface area (Å²) >= 11 is 0. The number of benzene rings is 9. The quantitative estimate of drug-likeness (QED) is 0.179. The molecule has 11 aromatic rings. The molecule has 0 fully saturated rings. The van der Waals surface area contributed by atoms with Crippen LogP contribution in [-0.4, -0.2) is 15.1 Å². The Balaban J connectivity index is 0.910. The molecule has 12 rings (SSSR count). The van der Waals surface area contributed by atoms with Crippen molar-refractivity contribution < 1.29 is 0 Å². The number of nitrogens with one attached hydrogen (secondary N) is 1. The van der Waals surface area contributed by atoms with Gasteiger partial charge in [-0.2, -0.15) is 0 Å². The van der Waals surface area contributed by atoms with Gasteiger partial charge in [0.1, 0.15) is 0 Å². The number of fused-ring (bicyclic) bond motifs is 6. The second kappa shape index (κ2) is 14.8. The second-order valence-electron chi connectivity index (χ2n) is 16.1. The molecule has 0 saturated heterocycles. The van der Waals surface area contributed by atoms with Gasteiger partial charge in [0.25, 0.3) is 0 Å². The van der Waals surface area contributed by atoms with Crippen molar-refractivity contribution in [2.45, 2.75) is 6.04 Å². The molecule has 0 radical (unpaired) electrons. The van der Waals surface area contributed by atoms with Gasteiger partial charge in [-0.05, 0) is 117 Å². The van der Waals surface area contributed by atoms with Crippen molar-refractivity contribution >= 4 is 49.6 Å². The first-order valence-electron chi connectivity index (χ1n) is 21.2. The summed E-state index contributed by atoms with van der Waals surface area (Å²) < 4.78 is 4.66. The van der Waals surface area contributed by atoms with Crippen LogP contribution in [0.4, 0.5) is 0 Å². The average molecular weight is 793 g/mol. The molecule has 4 heteroatoms. The fourth-order valence-corrected chi connectivity index (χ4v) is 9.39. The van der Waals surface area contributed by atoms with Crippen LogP contribution in [0, 0.1) is 0 Å². The van der Waals surface area contributed by atoms with Crippen molar-refractivity contribution in [3.05, 3.63) is 236 Å². The van der Waals surface area contributed by atoms with Crippen LogP contribution in [0.15, 0.2) is 236 Å². The van der Waals surface area contributed by atoms with Crippen molar-refractivity contribution in [1.82, 2.24) is 14.5 Å². The zero-order chi connectivity index (χ0) is 41.0. The lowest BCUT2D eigenvalue weighted by Crippen LogP contribution is -2.34. The molecule has 3 heterocycles. The van der Waals surface area contributed by atoms with Crippen LogP contribution in [0.2, 0.25) is 0 Å². The molecule has 292 valence electrons. The molecule has 4 nitrogen and oxygen atoms in total. The summed E-state index contributed by atoms with van der Waals surface area (Å²) in [5.74, 6) is 0.804. The van der Waals surface area contributed by atoms with Crippen LogP contribution in [0.1, 0.15) is 11.6 Å². The highest BCUT2D eigenvalue weighted by Gasteiger charge is 2.21. The fraction of sp³-hybridized carbons (Fsp3) is 0.0172. The van der Waals surface area contributed by atoms with Gasteiger partial charge in [0.05, 0.1) is 28.1 Å². The summed E-state index contributed by atoms with van der Waals surface area (Å²) in [7, 11) is 0. The van der Waals surface area contributed by atoms with Gasteiger partial charge >= 0.3 is 0 Å². The number of hydrogen-bond acceptors (Lipinski definition) is 2. The van der Waals surface area contributed by atoms with E-state index in [9.17, 15) is 0 Å². The normalized spacial score (nSPS) is 13.8. The highest BCUT2D eigenvalue weighted by Crippen LogP contribution is 2.39. The van der Waals surface area contributed by atoms with Crippen molar-refractivity contribution in [2.24, 2.45) is 4.99 Å². The van der Waals surface area contributed by atoms with Crippen LogP contribution >= 0.6 is 0 Å². The first-order valence-corrected chi connectivity index (χ1v) is 21.2. The Morgan fingerprint density at radius 3 is 1.42 bits per heavy atom. The monoisotopic (exact) mass is 792 g/mol. The van der Waals surface area contributed by atoms with Crippen LogP contribution in [-0.2, 0) is 0 Å². The molecule has 1 atom stereocenters. The molecule has 0 bridgehead atoms. The van der Waals surface area contributed by atoms with E-state index >= 15 is 0 Å². The zero-order valence-electron chi connectivity index (χ0n) is 33.9. The summed E-state index contributed by atoms with van der Waals surface area (Å²) in [5, 5.41) is 8.65. The zero-order valence-corrected chi connectivity index (χ0v) is 33.9. The Morgan fingerprint density at radius 2 is 0.774 bits per heavy atom. The Labute approximate surface area is 360 Å². The SMILES string of the molecule is C1=CC(c2cccc(-c3ccc(-c4ccccc4)cc3)c2)NC(n2c3ccccc3c3cc(-c4ccc5c(c4)c4cc(-c6ccccc6)ccc4n5-c4ccccc4)ccc32)=N1. The van der Waals surface area contributed by atoms with Crippen molar-refractivity contribution in [2.75, 3.05) is 0 Å². The first-order chi connectivity index (χ1) is 30.7. The Morgan fingerprint density at radius 1 is 0.339 bits per heavy atom. The van der Waals surface area contributed by atoms with Gasteiger partial charge in [-0.25, -0.2) is 4.99 Å². The molecule has 62 heavy (non-hydrogen) atoms. The van der Waals surface area contributed by atoms with Gasteiger partial charge in [0, 0.05) is 33.4 Å². The largest absolute Gasteiger partial charge is 0.345 e. The Bertz CT molecular complexity index is 3520. The third-order valence-corrected chi connectivity index (χ3v) is 12.4. The highest BCUT2D eigenvalue weighted by molar-refractivity contribution is 6.16. The van der Waals surface area contributed by atoms with Crippen LogP contribution in [0.3, 0.4) is 0 Å². The minimum absolute atomic E-state index is 0.0475. The number of aromatic nitrogens is 2. The van der Waals surface area contributed by atoms with E-state index in [0.717, 1.165) is 22.7 Å². The second-order valence-corrected chi connectivity index (χ2v) is 16.1. The molecule has 0 aliphatic carbocycles. The fourth-order valence-electron chi connectivity index (χ4n) is 9.39. The van der Waals surface area contributed by atoms with Crippen molar-refractivity contribution in [1.29, 1.82) is 0 Å². The predicted molar refractivity (Wildman–Crippen MR) is 260 cm³/mol. The number of para-hydroxylation sites is 2. The molecule has 1 aliphatic heterocycles.